The van der Waals surface area contributed by atoms with Crippen LogP contribution in [0.25, 0.3) is 0 Å². The van der Waals surface area contributed by atoms with Gasteiger partial charge in [0.05, 0.1) is 0 Å². The lowest BCUT2D eigenvalue weighted by Gasteiger charge is -1.97. The molecule has 0 unspecified atom stereocenters. The Balaban J connectivity index is 2.29. The van der Waals surface area contributed by atoms with Gasteiger partial charge in [0.25, 0.3) is 0 Å². The first-order valence-electron chi connectivity index (χ1n) is 5.64. The lowest BCUT2D eigenvalue weighted by molar-refractivity contribution is 0.214. The van der Waals surface area contributed by atoms with E-state index < -0.39 is 0 Å². The van der Waals surface area contributed by atoms with Gasteiger partial charge in [-0.25, -0.2) is 0 Å². The second-order valence-corrected chi connectivity index (χ2v) is 3.60. The van der Waals surface area contributed by atoms with E-state index in [0.29, 0.717) is 5.71 Å². The minimum Gasteiger partial charge on any atom is -0.398 e. The number of benzene rings is 2. The molecule has 0 radical (unpaired) electrons. The van der Waals surface area contributed by atoms with Crippen molar-refractivity contribution in [3.05, 3.63) is 71.8 Å². The molecule has 0 spiro atoms. The van der Waals surface area contributed by atoms with E-state index in [-0.39, 0.29) is 0 Å². The molecule has 88 valence electrons. The van der Waals surface area contributed by atoms with Crippen molar-refractivity contribution in [2.45, 2.75) is 0 Å². The lowest BCUT2D eigenvalue weighted by Crippen LogP contribution is -1.97. The second kappa shape index (κ2) is 6.27. The van der Waals surface area contributed by atoms with Crippen LogP contribution in [0.1, 0.15) is 11.1 Å². The van der Waals surface area contributed by atoms with Crippen LogP contribution in [0.2, 0.25) is 0 Å². The van der Waals surface area contributed by atoms with Crippen LogP contribution in [0.15, 0.2) is 65.8 Å². The molecule has 0 saturated heterocycles. The van der Waals surface area contributed by atoms with E-state index in [1.54, 1.807) is 0 Å². The molecule has 2 aromatic rings. The van der Waals surface area contributed by atoms with Gasteiger partial charge in [-0.2, -0.15) is 0 Å². The van der Waals surface area contributed by atoms with Crippen molar-refractivity contribution in [2.24, 2.45) is 5.16 Å². The highest BCUT2D eigenvalue weighted by atomic mass is 16.6. The Morgan fingerprint density at radius 3 is 2.17 bits per heavy atom. The molecular formula is C16H13NO. The number of rotatable bonds is 2. The van der Waals surface area contributed by atoms with Crippen LogP contribution in [-0.2, 0) is 4.84 Å². The molecule has 18 heavy (non-hydrogen) atoms. The molecule has 0 aliphatic heterocycles. The predicted molar refractivity (Wildman–Crippen MR) is 73.3 cm³/mol. The maximum absolute atomic E-state index is 4.83. The van der Waals surface area contributed by atoms with Gasteiger partial charge in [0.2, 0.25) is 0 Å². The fraction of sp³-hybridized carbons (Fsp3) is 0.0625. The summed E-state index contributed by atoms with van der Waals surface area (Å²) in [5.41, 5.74) is 2.53. The first-order chi connectivity index (χ1) is 8.90. The number of hydrogen-bond donors (Lipinski definition) is 0. The molecule has 2 rings (SSSR count). The molecule has 0 heterocycles. The standard InChI is InChI=1S/C16H13NO/c1-18-17-16(15-10-6-3-7-11-15)13-12-14-8-4-2-5-9-14/h2-11H,1H3/b17-16-. The van der Waals surface area contributed by atoms with Gasteiger partial charge < -0.3 is 4.84 Å². The Hall–Kier alpha value is -2.53. The summed E-state index contributed by atoms with van der Waals surface area (Å²) in [6, 6.07) is 19.6. The molecule has 0 amide bonds. The molecule has 0 N–H and O–H groups in total. The molecule has 0 aromatic heterocycles. The first kappa shape index (κ1) is 11.9. The molecule has 2 heteroatoms. The van der Waals surface area contributed by atoms with Crippen molar-refractivity contribution in [3.63, 3.8) is 0 Å². The fourth-order valence-corrected chi connectivity index (χ4v) is 1.49. The predicted octanol–water partition coefficient (Wildman–Crippen LogP) is 3.09. The third-order valence-electron chi connectivity index (χ3n) is 2.33. The highest BCUT2D eigenvalue weighted by Crippen LogP contribution is 2.02. The summed E-state index contributed by atoms with van der Waals surface area (Å²) in [7, 11) is 1.52. The van der Waals surface area contributed by atoms with Crippen LogP contribution < -0.4 is 0 Å². The summed E-state index contributed by atoms with van der Waals surface area (Å²) in [5.74, 6) is 6.10. The van der Waals surface area contributed by atoms with Crippen molar-refractivity contribution in [1.29, 1.82) is 0 Å². The average Bonchev–Trinajstić information content (AvgIpc) is 2.45. The topological polar surface area (TPSA) is 21.6 Å². The highest BCUT2D eigenvalue weighted by molar-refractivity contribution is 6.12. The van der Waals surface area contributed by atoms with Gasteiger partial charge in [0.15, 0.2) is 5.71 Å². The minimum atomic E-state index is 0.627. The highest BCUT2D eigenvalue weighted by Gasteiger charge is 1.99. The van der Waals surface area contributed by atoms with Crippen molar-refractivity contribution in [3.8, 4) is 11.8 Å². The average molecular weight is 235 g/mol. The summed E-state index contributed by atoms with van der Waals surface area (Å²) in [6.07, 6.45) is 0. The smallest absolute Gasteiger partial charge is 0.160 e. The molecular weight excluding hydrogens is 222 g/mol. The fourth-order valence-electron chi connectivity index (χ4n) is 1.49. The molecule has 0 aliphatic rings. The van der Waals surface area contributed by atoms with Gasteiger partial charge in [0, 0.05) is 11.1 Å². The zero-order valence-electron chi connectivity index (χ0n) is 10.1. The zero-order valence-corrected chi connectivity index (χ0v) is 10.1. The third-order valence-corrected chi connectivity index (χ3v) is 2.33. The van der Waals surface area contributed by atoms with Crippen molar-refractivity contribution >= 4 is 5.71 Å². The van der Waals surface area contributed by atoms with E-state index in [2.05, 4.69) is 17.0 Å². The zero-order chi connectivity index (χ0) is 12.6. The third kappa shape index (κ3) is 3.23. The molecule has 2 nitrogen and oxygen atoms in total. The van der Waals surface area contributed by atoms with Gasteiger partial charge in [-0.05, 0) is 18.1 Å². The summed E-state index contributed by atoms with van der Waals surface area (Å²) < 4.78 is 0. The van der Waals surface area contributed by atoms with Gasteiger partial charge in [-0.15, -0.1) is 0 Å². The van der Waals surface area contributed by atoms with Gasteiger partial charge in [-0.3, -0.25) is 0 Å². The maximum Gasteiger partial charge on any atom is 0.160 e. The first-order valence-corrected chi connectivity index (χ1v) is 5.64. The molecule has 0 atom stereocenters. The van der Waals surface area contributed by atoms with Crippen LogP contribution in [0.3, 0.4) is 0 Å². The van der Waals surface area contributed by atoms with E-state index in [1.165, 1.54) is 7.11 Å². The summed E-state index contributed by atoms with van der Waals surface area (Å²) >= 11 is 0. The largest absolute Gasteiger partial charge is 0.398 e. The van der Waals surface area contributed by atoms with Crippen molar-refractivity contribution in [1.82, 2.24) is 0 Å². The van der Waals surface area contributed by atoms with Crippen molar-refractivity contribution in [2.75, 3.05) is 7.11 Å². The van der Waals surface area contributed by atoms with Crippen LogP contribution in [0.5, 0.6) is 0 Å². The van der Waals surface area contributed by atoms with Crippen LogP contribution >= 0.6 is 0 Å². The van der Waals surface area contributed by atoms with Crippen molar-refractivity contribution < 1.29 is 4.84 Å². The molecule has 0 saturated carbocycles. The molecule has 2 aromatic carbocycles. The van der Waals surface area contributed by atoms with E-state index in [0.717, 1.165) is 11.1 Å². The van der Waals surface area contributed by atoms with E-state index >= 15 is 0 Å². The lowest BCUT2D eigenvalue weighted by atomic mass is 10.1. The SMILES string of the molecule is CO/N=C(/C#Cc1ccccc1)c1ccccc1. The number of hydrogen-bond acceptors (Lipinski definition) is 2. The molecule has 0 bridgehead atoms. The Morgan fingerprint density at radius 1 is 0.944 bits per heavy atom. The summed E-state index contributed by atoms with van der Waals surface area (Å²) in [6.45, 7) is 0. The summed E-state index contributed by atoms with van der Waals surface area (Å²) in [5, 5.41) is 3.95. The molecule has 0 aliphatic carbocycles. The van der Waals surface area contributed by atoms with Gasteiger partial charge in [-0.1, -0.05) is 59.6 Å². The quantitative estimate of drug-likeness (QED) is 0.445. The van der Waals surface area contributed by atoms with Crippen LogP contribution in [-0.4, -0.2) is 12.8 Å². The van der Waals surface area contributed by atoms with Gasteiger partial charge in [0.1, 0.15) is 7.11 Å². The Labute approximate surface area is 107 Å². The number of oxime groups is 1. The Bertz CT molecular complexity index is 577. The minimum absolute atomic E-state index is 0.627. The number of nitrogens with zero attached hydrogens (tertiary/aromatic N) is 1. The monoisotopic (exact) mass is 235 g/mol. The normalized spacial score (nSPS) is 10.4. The van der Waals surface area contributed by atoms with E-state index in [1.807, 2.05) is 60.7 Å². The Morgan fingerprint density at radius 2 is 1.56 bits per heavy atom. The van der Waals surface area contributed by atoms with Crippen LogP contribution in [0, 0.1) is 11.8 Å². The summed E-state index contributed by atoms with van der Waals surface area (Å²) in [4.78, 5) is 4.83. The van der Waals surface area contributed by atoms with Crippen LogP contribution in [0.4, 0.5) is 0 Å². The second-order valence-electron chi connectivity index (χ2n) is 3.60. The van der Waals surface area contributed by atoms with E-state index in [4.69, 9.17) is 4.84 Å². The maximum atomic E-state index is 4.83. The molecule has 0 fully saturated rings. The van der Waals surface area contributed by atoms with E-state index in [9.17, 15) is 0 Å². The Kier molecular flexibility index (Phi) is 4.16. The van der Waals surface area contributed by atoms with Gasteiger partial charge >= 0.3 is 0 Å².